The number of hydrogen-bond donors (Lipinski definition) is 1. The van der Waals surface area contributed by atoms with E-state index in [4.69, 9.17) is 0 Å². The van der Waals surface area contributed by atoms with Crippen molar-refractivity contribution in [2.45, 2.75) is 32.7 Å². The van der Waals surface area contributed by atoms with Gasteiger partial charge in [0.15, 0.2) is 9.84 Å². The van der Waals surface area contributed by atoms with Gasteiger partial charge in [-0.15, -0.1) is 0 Å². The molecule has 2 aliphatic rings. The first kappa shape index (κ1) is 14.8. The van der Waals surface area contributed by atoms with Crippen molar-refractivity contribution in [3.8, 4) is 0 Å². The van der Waals surface area contributed by atoms with Crippen LogP contribution >= 0.6 is 0 Å². The van der Waals surface area contributed by atoms with Gasteiger partial charge in [-0.1, -0.05) is 13.8 Å². The first-order chi connectivity index (χ1) is 8.85. The lowest BCUT2D eigenvalue weighted by molar-refractivity contribution is -0.134. The van der Waals surface area contributed by atoms with Crippen molar-refractivity contribution >= 4 is 15.7 Å². The lowest BCUT2D eigenvalue weighted by Gasteiger charge is -2.36. The Morgan fingerprint density at radius 2 is 1.89 bits per heavy atom. The molecule has 0 bridgehead atoms. The fourth-order valence-electron chi connectivity index (χ4n) is 3.20. The Morgan fingerprint density at radius 3 is 2.47 bits per heavy atom. The molecular formula is C13H24N2O3S. The van der Waals surface area contributed by atoms with E-state index in [1.807, 2.05) is 4.90 Å². The van der Waals surface area contributed by atoms with E-state index in [2.05, 4.69) is 19.2 Å². The second-order valence-corrected chi connectivity index (χ2v) is 8.44. The summed E-state index contributed by atoms with van der Waals surface area (Å²) in [6.07, 6.45) is 1.47. The van der Waals surface area contributed by atoms with Crippen molar-refractivity contribution in [1.82, 2.24) is 10.2 Å². The zero-order valence-corrected chi connectivity index (χ0v) is 12.6. The van der Waals surface area contributed by atoms with E-state index in [0.717, 1.165) is 13.1 Å². The molecule has 2 heterocycles. The van der Waals surface area contributed by atoms with Gasteiger partial charge < -0.3 is 10.2 Å². The van der Waals surface area contributed by atoms with Crippen LogP contribution in [0.25, 0.3) is 0 Å². The summed E-state index contributed by atoms with van der Waals surface area (Å²) in [5, 5.41) is 3.14. The van der Waals surface area contributed by atoms with Gasteiger partial charge in [-0.2, -0.15) is 0 Å². The third-order valence-corrected chi connectivity index (χ3v) is 5.68. The number of sulfone groups is 1. The lowest BCUT2D eigenvalue weighted by atomic mass is 9.91. The number of amides is 1. The smallest absolute Gasteiger partial charge is 0.224 e. The van der Waals surface area contributed by atoms with Crippen LogP contribution in [-0.2, 0) is 14.6 Å². The molecule has 0 saturated carbocycles. The van der Waals surface area contributed by atoms with Crippen molar-refractivity contribution in [2.75, 3.05) is 31.1 Å². The van der Waals surface area contributed by atoms with Crippen molar-refractivity contribution < 1.29 is 13.2 Å². The summed E-state index contributed by atoms with van der Waals surface area (Å²) in [5.41, 5.74) is 0. The number of piperidine rings is 1. The van der Waals surface area contributed by atoms with Crippen LogP contribution in [0.3, 0.4) is 0 Å². The van der Waals surface area contributed by atoms with Gasteiger partial charge in [-0.3, -0.25) is 4.79 Å². The molecule has 2 aliphatic heterocycles. The maximum atomic E-state index is 12.3. The van der Waals surface area contributed by atoms with Gasteiger partial charge in [0.25, 0.3) is 0 Å². The number of carbonyl (C=O) groups excluding carboxylic acids is 1. The van der Waals surface area contributed by atoms with Crippen LogP contribution in [-0.4, -0.2) is 56.4 Å². The Labute approximate surface area is 115 Å². The standard InChI is InChI=1S/C13H24N2O3S/c1-10-5-11(2)8-15(7-10)13(16)6-12-9-19(17,18)4-3-14-12/h10-12,14H,3-9H2,1-2H3. The number of carbonyl (C=O) groups is 1. The molecule has 2 saturated heterocycles. The van der Waals surface area contributed by atoms with E-state index < -0.39 is 9.84 Å². The second kappa shape index (κ2) is 5.79. The van der Waals surface area contributed by atoms with Crippen molar-refractivity contribution in [3.63, 3.8) is 0 Å². The quantitative estimate of drug-likeness (QED) is 0.792. The van der Waals surface area contributed by atoms with Gasteiger partial charge in [0, 0.05) is 32.1 Å². The highest BCUT2D eigenvalue weighted by atomic mass is 32.2. The molecular weight excluding hydrogens is 264 g/mol. The second-order valence-electron chi connectivity index (χ2n) is 6.21. The molecule has 0 aliphatic carbocycles. The molecule has 0 spiro atoms. The lowest BCUT2D eigenvalue weighted by Crippen LogP contribution is -2.49. The van der Waals surface area contributed by atoms with Crippen molar-refractivity contribution in [1.29, 1.82) is 0 Å². The SMILES string of the molecule is CC1CC(C)CN(C(=O)CC2CS(=O)(=O)CCN2)C1. The minimum Gasteiger partial charge on any atom is -0.342 e. The third kappa shape index (κ3) is 4.18. The summed E-state index contributed by atoms with van der Waals surface area (Å²) in [6, 6.07) is -0.209. The molecule has 19 heavy (non-hydrogen) atoms. The van der Waals surface area contributed by atoms with Crippen LogP contribution in [0.4, 0.5) is 0 Å². The first-order valence-corrected chi connectivity index (χ1v) is 8.89. The summed E-state index contributed by atoms with van der Waals surface area (Å²) in [4.78, 5) is 14.2. The van der Waals surface area contributed by atoms with E-state index in [9.17, 15) is 13.2 Å². The molecule has 110 valence electrons. The molecule has 2 fully saturated rings. The topological polar surface area (TPSA) is 66.5 Å². The minimum absolute atomic E-state index is 0.0907. The average Bonchev–Trinajstić information content (AvgIpc) is 2.26. The molecule has 1 N–H and O–H groups in total. The highest BCUT2D eigenvalue weighted by Crippen LogP contribution is 2.22. The van der Waals surface area contributed by atoms with E-state index in [1.165, 1.54) is 6.42 Å². The van der Waals surface area contributed by atoms with Gasteiger partial charge in [0.1, 0.15) is 0 Å². The zero-order chi connectivity index (χ0) is 14.0. The predicted octanol–water partition coefficient (Wildman–Crippen LogP) is 0.268. The normalized spacial score (nSPS) is 35.1. The molecule has 5 nitrogen and oxygen atoms in total. The highest BCUT2D eigenvalue weighted by Gasteiger charge is 2.30. The average molecular weight is 288 g/mol. The van der Waals surface area contributed by atoms with Gasteiger partial charge in [-0.05, 0) is 18.3 Å². The summed E-state index contributed by atoms with van der Waals surface area (Å²) in [7, 11) is -2.96. The molecule has 0 aromatic rings. The molecule has 0 aromatic carbocycles. The van der Waals surface area contributed by atoms with E-state index in [1.54, 1.807) is 0 Å². The van der Waals surface area contributed by atoms with E-state index in [-0.39, 0.29) is 23.5 Å². The molecule has 3 atom stereocenters. The summed E-state index contributed by atoms with van der Waals surface area (Å²) in [6.45, 7) is 6.41. The number of hydrogen-bond acceptors (Lipinski definition) is 4. The fraction of sp³-hybridized carbons (Fsp3) is 0.923. The highest BCUT2D eigenvalue weighted by molar-refractivity contribution is 7.91. The molecule has 1 amide bonds. The summed E-state index contributed by atoms with van der Waals surface area (Å²) < 4.78 is 23.1. The van der Waals surface area contributed by atoms with E-state index in [0.29, 0.717) is 24.8 Å². The number of nitrogens with zero attached hydrogens (tertiary/aromatic N) is 1. The maximum Gasteiger partial charge on any atom is 0.224 e. The monoisotopic (exact) mass is 288 g/mol. The van der Waals surface area contributed by atoms with Gasteiger partial charge in [0.05, 0.1) is 11.5 Å². The molecule has 2 rings (SSSR count). The summed E-state index contributed by atoms with van der Waals surface area (Å²) in [5.74, 6) is 1.45. The minimum atomic E-state index is -2.96. The Bertz CT molecular complexity index is 425. The molecule has 3 unspecified atom stereocenters. The molecule has 0 aromatic heterocycles. The van der Waals surface area contributed by atoms with Crippen LogP contribution in [0.15, 0.2) is 0 Å². The molecule has 6 heteroatoms. The number of likely N-dealkylation sites (tertiary alicyclic amines) is 1. The predicted molar refractivity (Wildman–Crippen MR) is 74.6 cm³/mol. The summed E-state index contributed by atoms with van der Waals surface area (Å²) >= 11 is 0. The van der Waals surface area contributed by atoms with Crippen LogP contribution in [0.2, 0.25) is 0 Å². The maximum absolute atomic E-state index is 12.3. The van der Waals surface area contributed by atoms with Crippen LogP contribution in [0.5, 0.6) is 0 Å². The van der Waals surface area contributed by atoms with Crippen LogP contribution < -0.4 is 5.32 Å². The Hall–Kier alpha value is -0.620. The van der Waals surface area contributed by atoms with Gasteiger partial charge in [-0.25, -0.2) is 8.42 Å². The number of nitrogens with one attached hydrogen (secondary N) is 1. The zero-order valence-electron chi connectivity index (χ0n) is 11.8. The number of rotatable bonds is 2. The van der Waals surface area contributed by atoms with Crippen LogP contribution in [0, 0.1) is 11.8 Å². The van der Waals surface area contributed by atoms with Crippen LogP contribution in [0.1, 0.15) is 26.7 Å². The first-order valence-electron chi connectivity index (χ1n) is 7.07. The van der Waals surface area contributed by atoms with Gasteiger partial charge in [0.2, 0.25) is 5.91 Å². The van der Waals surface area contributed by atoms with E-state index >= 15 is 0 Å². The van der Waals surface area contributed by atoms with Gasteiger partial charge >= 0.3 is 0 Å². The third-order valence-electron chi connectivity index (χ3n) is 3.94. The van der Waals surface area contributed by atoms with Crippen molar-refractivity contribution in [3.05, 3.63) is 0 Å². The Balaban J connectivity index is 1.90. The van der Waals surface area contributed by atoms with Crippen molar-refractivity contribution in [2.24, 2.45) is 11.8 Å². The molecule has 0 radical (unpaired) electrons. The Kier molecular flexibility index (Phi) is 4.50. The Morgan fingerprint density at radius 1 is 1.26 bits per heavy atom. The largest absolute Gasteiger partial charge is 0.342 e. The fourth-order valence-corrected chi connectivity index (χ4v) is 4.65.